The second-order valence-electron chi connectivity index (χ2n) is 6.78. The van der Waals surface area contributed by atoms with Crippen LogP contribution in [0.1, 0.15) is 18.1 Å². The average molecular weight is 519 g/mol. The molecule has 0 amide bonds. The van der Waals surface area contributed by atoms with Gasteiger partial charge in [0.1, 0.15) is 5.75 Å². The second kappa shape index (κ2) is 12.2. The molecule has 30 heavy (non-hydrogen) atoms. The third kappa shape index (κ3) is 6.48. The highest BCUT2D eigenvalue weighted by Crippen LogP contribution is 2.18. The molecule has 3 rings (SSSR count). The molecule has 0 bridgehead atoms. The predicted octanol–water partition coefficient (Wildman–Crippen LogP) is 4.14. The highest BCUT2D eigenvalue weighted by atomic mass is 127. The number of hydrogen-bond acceptors (Lipinski definition) is 3. The molecule has 7 heteroatoms. The minimum Gasteiger partial charge on any atom is -0.496 e. The summed E-state index contributed by atoms with van der Waals surface area (Å²) in [5, 5.41) is 7.83. The van der Waals surface area contributed by atoms with Crippen LogP contribution in [0, 0.1) is 0 Å². The second-order valence-corrected chi connectivity index (χ2v) is 6.78. The van der Waals surface area contributed by atoms with Crippen LogP contribution in [0.5, 0.6) is 5.75 Å². The Labute approximate surface area is 196 Å². The van der Waals surface area contributed by atoms with Crippen LogP contribution in [-0.2, 0) is 13.0 Å². The first-order valence-electron chi connectivity index (χ1n) is 9.91. The number of nitrogens with zero attached hydrogens (tertiary/aromatic N) is 4. The zero-order chi connectivity index (χ0) is 20.5. The summed E-state index contributed by atoms with van der Waals surface area (Å²) in [5.74, 6) is 1.78. The first-order chi connectivity index (χ1) is 14.2. The number of ether oxygens (including phenoxy) is 1. The van der Waals surface area contributed by atoms with Gasteiger partial charge in [-0.15, -0.1) is 24.0 Å². The summed E-state index contributed by atoms with van der Waals surface area (Å²) in [6.07, 6.45) is 4.81. The summed E-state index contributed by atoms with van der Waals surface area (Å²) in [7, 11) is 3.75. The maximum Gasteiger partial charge on any atom is 0.193 e. The molecule has 0 fully saturated rings. The number of aliphatic imine (C=N–C) groups is 1. The predicted molar refractivity (Wildman–Crippen MR) is 133 cm³/mol. The first kappa shape index (κ1) is 23.7. The van der Waals surface area contributed by atoms with E-state index in [1.54, 1.807) is 7.11 Å². The van der Waals surface area contributed by atoms with Gasteiger partial charge in [-0.2, -0.15) is 5.10 Å². The number of para-hydroxylation sites is 2. The summed E-state index contributed by atoms with van der Waals surface area (Å²) < 4.78 is 7.37. The molecule has 0 spiro atoms. The van der Waals surface area contributed by atoms with Crippen LogP contribution in [0.25, 0.3) is 5.69 Å². The van der Waals surface area contributed by atoms with Crippen LogP contribution in [0.3, 0.4) is 0 Å². The average Bonchev–Trinajstić information content (AvgIpc) is 3.23. The van der Waals surface area contributed by atoms with Gasteiger partial charge in [-0.05, 0) is 37.1 Å². The van der Waals surface area contributed by atoms with E-state index in [0.717, 1.165) is 42.5 Å². The van der Waals surface area contributed by atoms with Gasteiger partial charge < -0.3 is 15.0 Å². The zero-order valence-electron chi connectivity index (χ0n) is 17.8. The van der Waals surface area contributed by atoms with Crippen LogP contribution in [-0.4, -0.2) is 47.9 Å². The molecule has 1 aromatic heterocycles. The summed E-state index contributed by atoms with van der Waals surface area (Å²) in [6.45, 7) is 4.32. The minimum atomic E-state index is 0. The van der Waals surface area contributed by atoms with E-state index in [4.69, 9.17) is 9.73 Å². The molecule has 1 heterocycles. The molecule has 0 aliphatic carbocycles. The quantitative estimate of drug-likeness (QED) is 0.276. The third-order valence-electron chi connectivity index (χ3n) is 4.62. The molecule has 0 unspecified atom stereocenters. The molecule has 2 aromatic carbocycles. The molecule has 0 atom stereocenters. The smallest absolute Gasteiger partial charge is 0.193 e. The van der Waals surface area contributed by atoms with Crippen molar-refractivity contribution in [1.29, 1.82) is 0 Å². The van der Waals surface area contributed by atoms with Gasteiger partial charge in [-0.3, -0.25) is 4.99 Å². The van der Waals surface area contributed by atoms with Crippen molar-refractivity contribution >= 4 is 29.9 Å². The van der Waals surface area contributed by atoms with E-state index in [1.807, 2.05) is 66.5 Å². The number of halogens is 1. The van der Waals surface area contributed by atoms with Crippen molar-refractivity contribution < 1.29 is 4.74 Å². The van der Waals surface area contributed by atoms with Crippen molar-refractivity contribution in [2.24, 2.45) is 4.99 Å². The fourth-order valence-electron chi connectivity index (χ4n) is 3.14. The van der Waals surface area contributed by atoms with Crippen molar-refractivity contribution in [1.82, 2.24) is 20.0 Å². The van der Waals surface area contributed by atoms with Crippen molar-refractivity contribution in [2.45, 2.75) is 19.9 Å². The van der Waals surface area contributed by atoms with E-state index in [1.165, 1.54) is 5.56 Å². The Kier molecular flexibility index (Phi) is 9.66. The van der Waals surface area contributed by atoms with Gasteiger partial charge in [0.2, 0.25) is 0 Å². The lowest BCUT2D eigenvalue weighted by Crippen LogP contribution is -2.38. The van der Waals surface area contributed by atoms with E-state index < -0.39 is 0 Å². The first-order valence-corrected chi connectivity index (χ1v) is 9.91. The number of nitrogens with one attached hydrogen (secondary N) is 1. The van der Waals surface area contributed by atoms with Crippen LogP contribution in [0.2, 0.25) is 0 Å². The molecule has 1 N–H and O–H groups in total. The molecular weight excluding hydrogens is 489 g/mol. The molecule has 0 saturated heterocycles. The highest BCUT2D eigenvalue weighted by Gasteiger charge is 2.10. The van der Waals surface area contributed by atoms with Gasteiger partial charge in [-0.25, -0.2) is 4.68 Å². The number of benzene rings is 2. The number of methoxy groups -OCH3 is 1. The van der Waals surface area contributed by atoms with Crippen LogP contribution in [0.15, 0.2) is 72.0 Å². The van der Waals surface area contributed by atoms with E-state index in [9.17, 15) is 0 Å². The fourth-order valence-corrected chi connectivity index (χ4v) is 3.14. The standard InChI is InChI=1S/C23H29N5O.HI/c1-4-24-23(27(2)18-20-10-8-9-13-22(20)29-3)25-15-14-19-16-26-28(17-19)21-11-6-5-7-12-21;/h5-13,16-17H,4,14-15,18H2,1-3H3,(H,24,25);1H. The molecule has 6 nitrogen and oxygen atoms in total. The van der Waals surface area contributed by atoms with E-state index >= 15 is 0 Å². The molecule has 0 radical (unpaired) electrons. The lowest BCUT2D eigenvalue weighted by molar-refractivity contribution is 0.396. The topological polar surface area (TPSA) is 54.7 Å². The monoisotopic (exact) mass is 519 g/mol. The Morgan fingerprint density at radius 3 is 2.60 bits per heavy atom. The van der Waals surface area contributed by atoms with Crippen molar-refractivity contribution in [3.8, 4) is 11.4 Å². The largest absolute Gasteiger partial charge is 0.496 e. The maximum absolute atomic E-state index is 5.47. The Morgan fingerprint density at radius 2 is 1.87 bits per heavy atom. The number of rotatable bonds is 8. The normalized spacial score (nSPS) is 11.0. The Bertz CT molecular complexity index is 926. The van der Waals surface area contributed by atoms with Gasteiger partial charge in [0.25, 0.3) is 0 Å². The van der Waals surface area contributed by atoms with Crippen LogP contribution in [0.4, 0.5) is 0 Å². The van der Waals surface area contributed by atoms with Crippen LogP contribution < -0.4 is 10.1 Å². The fraction of sp³-hybridized carbons (Fsp3) is 0.304. The minimum absolute atomic E-state index is 0. The van der Waals surface area contributed by atoms with E-state index in [2.05, 4.69) is 34.5 Å². The highest BCUT2D eigenvalue weighted by molar-refractivity contribution is 14.0. The Morgan fingerprint density at radius 1 is 1.13 bits per heavy atom. The Hall–Kier alpha value is -2.55. The van der Waals surface area contributed by atoms with Gasteiger partial charge in [0.15, 0.2) is 5.96 Å². The molecule has 0 saturated carbocycles. The maximum atomic E-state index is 5.47. The van der Waals surface area contributed by atoms with E-state index in [0.29, 0.717) is 6.54 Å². The summed E-state index contributed by atoms with van der Waals surface area (Å²) in [5.41, 5.74) is 3.36. The van der Waals surface area contributed by atoms with Crippen molar-refractivity contribution in [3.63, 3.8) is 0 Å². The lowest BCUT2D eigenvalue weighted by atomic mass is 10.2. The van der Waals surface area contributed by atoms with Gasteiger partial charge in [0.05, 0.1) is 19.0 Å². The molecule has 160 valence electrons. The van der Waals surface area contributed by atoms with Crippen LogP contribution >= 0.6 is 24.0 Å². The number of aromatic nitrogens is 2. The SMILES string of the molecule is CCNC(=NCCc1cnn(-c2ccccc2)c1)N(C)Cc1ccccc1OC.I. The Balaban J connectivity index is 0.00000320. The molecule has 3 aromatic rings. The summed E-state index contributed by atoms with van der Waals surface area (Å²) in [6, 6.07) is 18.2. The van der Waals surface area contributed by atoms with Crippen molar-refractivity contribution in [2.75, 3.05) is 27.2 Å². The van der Waals surface area contributed by atoms with Gasteiger partial charge in [0, 0.05) is 38.4 Å². The molecule has 0 aliphatic heterocycles. The molecule has 0 aliphatic rings. The van der Waals surface area contributed by atoms with Gasteiger partial charge >= 0.3 is 0 Å². The third-order valence-corrected chi connectivity index (χ3v) is 4.62. The van der Waals surface area contributed by atoms with E-state index in [-0.39, 0.29) is 24.0 Å². The number of guanidine groups is 1. The van der Waals surface area contributed by atoms with Crippen molar-refractivity contribution in [3.05, 3.63) is 78.1 Å². The zero-order valence-corrected chi connectivity index (χ0v) is 20.1. The molecular formula is C23H30IN5O. The summed E-state index contributed by atoms with van der Waals surface area (Å²) >= 11 is 0. The lowest BCUT2D eigenvalue weighted by Gasteiger charge is -2.23. The van der Waals surface area contributed by atoms with Gasteiger partial charge in [-0.1, -0.05) is 36.4 Å². The number of hydrogen-bond donors (Lipinski definition) is 1. The summed E-state index contributed by atoms with van der Waals surface area (Å²) in [4.78, 5) is 6.92.